The molecule has 0 aromatic heterocycles. The number of rotatable bonds is 6. The number of aliphatic hydroxyl groups excluding tert-OH is 5. The fourth-order valence-electron chi connectivity index (χ4n) is 4.57. The molecule has 1 saturated carbocycles. The summed E-state index contributed by atoms with van der Waals surface area (Å²) in [5.41, 5.74) is -1.46. The smallest absolute Gasteiger partial charge is 0.186 e. The van der Waals surface area contributed by atoms with E-state index >= 15 is 0 Å². The lowest BCUT2D eigenvalue weighted by atomic mass is 9.58. The van der Waals surface area contributed by atoms with Crippen molar-refractivity contribution in [1.82, 2.24) is 0 Å². The van der Waals surface area contributed by atoms with Gasteiger partial charge in [0.2, 0.25) is 0 Å². The molecule has 2 aliphatic rings. The predicted molar refractivity (Wildman–Crippen MR) is 96.7 cm³/mol. The number of ether oxygens (including phenoxy) is 2. The van der Waals surface area contributed by atoms with Gasteiger partial charge in [0.1, 0.15) is 24.4 Å². The fraction of sp³-hybridized carbons (Fsp3) is 1.00. The molecule has 27 heavy (non-hydrogen) atoms. The molecule has 0 aromatic carbocycles. The number of hydrogen-bond acceptors (Lipinski definition) is 8. The van der Waals surface area contributed by atoms with E-state index in [1.54, 1.807) is 6.92 Å². The summed E-state index contributed by atoms with van der Waals surface area (Å²) in [6.45, 7) is 7.04. The molecule has 1 aliphatic carbocycles. The Kier molecular flexibility index (Phi) is 7.30. The van der Waals surface area contributed by atoms with Crippen LogP contribution in [0.3, 0.4) is 0 Å². The normalized spacial score (nSPS) is 46.2. The van der Waals surface area contributed by atoms with Gasteiger partial charge >= 0.3 is 0 Å². The zero-order valence-corrected chi connectivity index (χ0v) is 16.7. The second kappa shape index (κ2) is 8.59. The van der Waals surface area contributed by atoms with Crippen molar-refractivity contribution in [3.8, 4) is 0 Å². The molecule has 1 saturated heterocycles. The van der Waals surface area contributed by atoms with Gasteiger partial charge in [0.25, 0.3) is 0 Å². The third kappa shape index (κ3) is 4.64. The molecule has 0 bridgehead atoms. The first-order chi connectivity index (χ1) is 12.4. The van der Waals surface area contributed by atoms with E-state index in [4.69, 9.17) is 9.47 Å². The predicted octanol–water partition coefficient (Wildman–Crippen LogP) is -0.480. The van der Waals surface area contributed by atoms with E-state index in [-0.39, 0.29) is 12.0 Å². The Labute approximate surface area is 160 Å². The topological polar surface area (TPSA) is 140 Å². The summed E-state index contributed by atoms with van der Waals surface area (Å²) in [7, 11) is 0. The van der Waals surface area contributed by atoms with Crippen molar-refractivity contribution in [3.63, 3.8) is 0 Å². The highest BCUT2D eigenvalue weighted by Crippen LogP contribution is 2.50. The van der Waals surface area contributed by atoms with E-state index in [0.717, 1.165) is 0 Å². The lowest BCUT2D eigenvalue weighted by Crippen LogP contribution is -2.61. The quantitative estimate of drug-likeness (QED) is 0.356. The monoisotopic (exact) mass is 392 g/mol. The highest BCUT2D eigenvalue weighted by atomic mass is 16.7. The SMILES string of the molecule is C[C@@H]1C[C@H](O[C@@H]2O[C@H](CO)[C@@H](O)[C@H](O)[C@H]2O)CC(C)(C)[C@@]1(O)CC[C@@H](C)O. The van der Waals surface area contributed by atoms with E-state index in [2.05, 4.69) is 0 Å². The Hall–Kier alpha value is -0.320. The third-order valence-corrected chi connectivity index (χ3v) is 6.46. The van der Waals surface area contributed by atoms with E-state index < -0.39 is 54.4 Å². The minimum absolute atomic E-state index is 0.116. The zero-order valence-electron chi connectivity index (χ0n) is 16.7. The average molecular weight is 392 g/mol. The standard InChI is InChI=1S/C19H36O8/c1-10-7-12(8-18(3,4)19(10,25)6-5-11(2)21)26-17-16(24)15(23)14(22)13(9-20)27-17/h10-17,20-25H,5-9H2,1-4H3/t10-,11-,12+,13-,14-,15+,16-,17-,19-/m1/s1. The van der Waals surface area contributed by atoms with Gasteiger partial charge in [-0.15, -0.1) is 0 Å². The van der Waals surface area contributed by atoms with Crippen LogP contribution in [0.5, 0.6) is 0 Å². The van der Waals surface area contributed by atoms with Crippen molar-refractivity contribution in [3.05, 3.63) is 0 Å². The molecule has 160 valence electrons. The van der Waals surface area contributed by atoms with Crippen molar-refractivity contribution in [1.29, 1.82) is 0 Å². The second-order valence-corrected chi connectivity index (χ2v) is 8.99. The van der Waals surface area contributed by atoms with E-state index in [0.29, 0.717) is 25.7 Å². The van der Waals surface area contributed by atoms with E-state index in [9.17, 15) is 30.6 Å². The molecule has 9 atom stereocenters. The highest BCUT2D eigenvalue weighted by molar-refractivity contribution is 5.03. The maximum absolute atomic E-state index is 11.3. The van der Waals surface area contributed by atoms with Crippen LogP contribution in [-0.2, 0) is 9.47 Å². The second-order valence-electron chi connectivity index (χ2n) is 8.99. The average Bonchev–Trinajstić information content (AvgIpc) is 2.58. The third-order valence-electron chi connectivity index (χ3n) is 6.46. The van der Waals surface area contributed by atoms with Crippen LogP contribution in [0.25, 0.3) is 0 Å². The highest BCUT2D eigenvalue weighted by Gasteiger charge is 2.53. The molecule has 6 N–H and O–H groups in total. The summed E-state index contributed by atoms with van der Waals surface area (Å²) in [6.07, 6.45) is -5.32. The lowest BCUT2D eigenvalue weighted by molar-refractivity contribution is -0.320. The van der Waals surface area contributed by atoms with Crippen LogP contribution in [0.1, 0.15) is 53.4 Å². The van der Waals surface area contributed by atoms with Crippen molar-refractivity contribution in [2.24, 2.45) is 11.3 Å². The molecular formula is C19H36O8. The van der Waals surface area contributed by atoms with Crippen LogP contribution in [0, 0.1) is 11.3 Å². The molecule has 1 heterocycles. The Bertz CT molecular complexity index is 482. The first-order valence-electron chi connectivity index (χ1n) is 9.79. The largest absolute Gasteiger partial charge is 0.394 e. The van der Waals surface area contributed by atoms with Gasteiger partial charge in [0.15, 0.2) is 6.29 Å². The summed E-state index contributed by atoms with van der Waals surface area (Å²) in [5, 5.41) is 60.2. The Balaban J connectivity index is 2.07. The molecule has 2 fully saturated rings. The van der Waals surface area contributed by atoms with Gasteiger partial charge in [-0.25, -0.2) is 0 Å². The van der Waals surface area contributed by atoms with Crippen molar-refractivity contribution >= 4 is 0 Å². The van der Waals surface area contributed by atoms with E-state index in [1.807, 2.05) is 20.8 Å². The Morgan fingerprint density at radius 3 is 2.30 bits per heavy atom. The zero-order chi connectivity index (χ0) is 20.6. The molecule has 2 rings (SSSR count). The molecule has 8 heteroatoms. The van der Waals surface area contributed by atoms with Crippen molar-refractivity contribution < 1.29 is 40.1 Å². The Morgan fingerprint density at radius 1 is 1.15 bits per heavy atom. The van der Waals surface area contributed by atoms with Crippen molar-refractivity contribution in [2.75, 3.05) is 6.61 Å². The number of hydrogen-bond donors (Lipinski definition) is 6. The van der Waals surface area contributed by atoms with Gasteiger partial charge < -0.3 is 40.1 Å². The first kappa shape index (κ1) is 23.0. The minimum atomic E-state index is -1.47. The maximum Gasteiger partial charge on any atom is 0.186 e. The molecule has 0 radical (unpaired) electrons. The minimum Gasteiger partial charge on any atom is -0.394 e. The van der Waals surface area contributed by atoms with Gasteiger partial charge in [-0.2, -0.15) is 0 Å². The number of aliphatic hydroxyl groups is 6. The van der Waals surface area contributed by atoms with Gasteiger partial charge in [0, 0.05) is 0 Å². The van der Waals surface area contributed by atoms with Crippen molar-refractivity contribution in [2.45, 2.75) is 102 Å². The molecule has 1 aliphatic heterocycles. The molecule has 0 spiro atoms. The van der Waals surface area contributed by atoms with Gasteiger partial charge in [-0.3, -0.25) is 0 Å². The molecule has 0 unspecified atom stereocenters. The molecule has 8 nitrogen and oxygen atoms in total. The molecular weight excluding hydrogens is 356 g/mol. The molecule has 0 amide bonds. The summed E-state index contributed by atoms with van der Waals surface area (Å²) in [6, 6.07) is 0. The lowest BCUT2D eigenvalue weighted by Gasteiger charge is -2.54. The van der Waals surface area contributed by atoms with Crippen LogP contribution in [0.15, 0.2) is 0 Å². The van der Waals surface area contributed by atoms with Crippen LogP contribution in [-0.4, -0.2) is 85.8 Å². The van der Waals surface area contributed by atoms with Crippen LogP contribution in [0.2, 0.25) is 0 Å². The van der Waals surface area contributed by atoms with Gasteiger partial charge in [-0.05, 0) is 43.9 Å². The maximum atomic E-state index is 11.3. The summed E-state index contributed by atoms with van der Waals surface area (Å²) in [4.78, 5) is 0. The summed E-state index contributed by atoms with van der Waals surface area (Å²) >= 11 is 0. The van der Waals surface area contributed by atoms with Gasteiger partial charge in [0.05, 0.1) is 24.4 Å². The summed E-state index contributed by atoms with van der Waals surface area (Å²) < 4.78 is 11.3. The molecule has 0 aromatic rings. The van der Waals surface area contributed by atoms with Crippen LogP contribution < -0.4 is 0 Å². The fourth-order valence-corrected chi connectivity index (χ4v) is 4.57. The van der Waals surface area contributed by atoms with E-state index in [1.165, 1.54) is 0 Å². The van der Waals surface area contributed by atoms with Gasteiger partial charge in [-0.1, -0.05) is 20.8 Å². The van der Waals surface area contributed by atoms with Crippen LogP contribution in [0.4, 0.5) is 0 Å². The van der Waals surface area contributed by atoms with Crippen LogP contribution >= 0.6 is 0 Å². The Morgan fingerprint density at radius 2 is 1.78 bits per heavy atom. The first-order valence-corrected chi connectivity index (χ1v) is 9.79. The summed E-state index contributed by atoms with van der Waals surface area (Å²) in [5.74, 6) is -0.116.